The normalized spacial score (nSPS) is 10.9. The molecule has 21 heavy (non-hydrogen) atoms. The van der Waals surface area contributed by atoms with E-state index in [1.807, 2.05) is 0 Å². The molecular weight excluding hydrogens is 291 g/mol. The highest BCUT2D eigenvalue weighted by atomic mass is 19.4. The number of hydrogen-bond acceptors (Lipinski definition) is 3. The van der Waals surface area contributed by atoms with Gasteiger partial charge in [-0.05, 0) is 24.3 Å². The summed E-state index contributed by atoms with van der Waals surface area (Å²) in [7, 11) is 1.49. The van der Waals surface area contributed by atoms with Gasteiger partial charge in [-0.25, -0.2) is 0 Å². The number of anilines is 1. The van der Waals surface area contributed by atoms with Gasteiger partial charge in [-0.1, -0.05) is 0 Å². The number of amides is 2. The summed E-state index contributed by atoms with van der Waals surface area (Å²) in [6.07, 6.45) is -4.75. The average molecular weight is 306 g/mol. The van der Waals surface area contributed by atoms with Gasteiger partial charge in [-0.2, -0.15) is 0 Å². The summed E-state index contributed by atoms with van der Waals surface area (Å²) >= 11 is 0. The third kappa shape index (κ3) is 7.16. The maximum Gasteiger partial charge on any atom is 0.573 e. The molecule has 2 amide bonds. The summed E-state index contributed by atoms with van der Waals surface area (Å²) in [6.45, 7) is 0.135. The van der Waals surface area contributed by atoms with Gasteiger partial charge in [-0.3, -0.25) is 9.59 Å². The van der Waals surface area contributed by atoms with Crippen molar-refractivity contribution in [3.05, 3.63) is 24.3 Å². The fourth-order valence-electron chi connectivity index (χ4n) is 1.39. The Morgan fingerprint density at radius 3 is 2.24 bits per heavy atom. The van der Waals surface area contributed by atoms with E-state index >= 15 is 0 Å². The number of carbonyl (C=O) groups excluding carboxylic acids is 2. The molecular formula is C12H15F3N3O3+. The van der Waals surface area contributed by atoms with Crippen LogP contribution in [0.4, 0.5) is 18.9 Å². The lowest BCUT2D eigenvalue weighted by Gasteiger charge is -2.09. The molecule has 1 aromatic carbocycles. The summed E-state index contributed by atoms with van der Waals surface area (Å²) < 4.78 is 39.6. The minimum absolute atomic E-state index is 0.0220. The third-order valence-corrected chi connectivity index (χ3v) is 2.31. The second kappa shape index (κ2) is 7.48. The number of likely N-dealkylation sites (N-methyl/N-ethyl adjacent to an activating group) is 1. The molecule has 0 heterocycles. The molecule has 0 bridgehead atoms. The smallest absolute Gasteiger partial charge is 0.406 e. The lowest BCUT2D eigenvalue weighted by molar-refractivity contribution is -0.632. The van der Waals surface area contributed by atoms with Crippen LogP contribution < -0.4 is 20.7 Å². The first-order valence-electron chi connectivity index (χ1n) is 5.98. The SMILES string of the molecule is CNC(=O)C[NH2+]CC(=O)Nc1ccc(OC(F)(F)F)cc1. The van der Waals surface area contributed by atoms with E-state index in [2.05, 4.69) is 15.4 Å². The Morgan fingerprint density at radius 2 is 1.71 bits per heavy atom. The van der Waals surface area contributed by atoms with Crippen molar-refractivity contribution in [3.63, 3.8) is 0 Å². The first-order valence-corrected chi connectivity index (χ1v) is 5.98. The number of benzene rings is 1. The van der Waals surface area contributed by atoms with Crippen molar-refractivity contribution in [2.24, 2.45) is 0 Å². The number of rotatable bonds is 6. The van der Waals surface area contributed by atoms with Crippen LogP contribution in [0, 0.1) is 0 Å². The van der Waals surface area contributed by atoms with E-state index in [1.54, 1.807) is 0 Å². The molecule has 9 heteroatoms. The average Bonchev–Trinajstić information content (AvgIpc) is 2.39. The number of alkyl halides is 3. The van der Waals surface area contributed by atoms with Gasteiger partial charge >= 0.3 is 6.36 Å². The van der Waals surface area contributed by atoms with Gasteiger partial charge in [0.15, 0.2) is 13.1 Å². The van der Waals surface area contributed by atoms with E-state index in [4.69, 9.17) is 0 Å². The first kappa shape index (κ1) is 16.8. The van der Waals surface area contributed by atoms with E-state index in [-0.39, 0.29) is 30.7 Å². The van der Waals surface area contributed by atoms with Crippen molar-refractivity contribution < 1.29 is 32.8 Å². The quantitative estimate of drug-likeness (QED) is 0.682. The number of ether oxygens (including phenoxy) is 1. The van der Waals surface area contributed by atoms with E-state index in [1.165, 1.54) is 24.5 Å². The second-order valence-electron chi connectivity index (χ2n) is 3.99. The fraction of sp³-hybridized carbons (Fsp3) is 0.333. The van der Waals surface area contributed by atoms with Crippen molar-refractivity contribution >= 4 is 17.5 Å². The van der Waals surface area contributed by atoms with E-state index < -0.39 is 6.36 Å². The Morgan fingerprint density at radius 1 is 1.14 bits per heavy atom. The maximum atomic E-state index is 12.0. The highest BCUT2D eigenvalue weighted by Gasteiger charge is 2.30. The molecule has 6 nitrogen and oxygen atoms in total. The van der Waals surface area contributed by atoms with Crippen molar-refractivity contribution in [1.29, 1.82) is 0 Å². The summed E-state index contributed by atoms with van der Waals surface area (Å²) in [4.78, 5) is 22.4. The number of hydrogen-bond donors (Lipinski definition) is 3. The standard InChI is InChI=1S/C12H14F3N3O3/c1-16-10(19)6-17-7-11(20)18-8-2-4-9(5-3-8)21-12(13,14)15/h2-5,17H,6-7H2,1H3,(H,16,19)(H,18,20)/p+1. The van der Waals surface area contributed by atoms with E-state index in [0.29, 0.717) is 5.69 Å². The highest BCUT2D eigenvalue weighted by molar-refractivity contribution is 5.91. The molecule has 0 aromatic heterocycles. The van der Waals surface area contributed by atoms with E-state index in [9.17, 15) is 22.8 Å². The zero-order valence-corrected chi connectivity index (χ0v) is 11.2. The Balaban J connectivity index is 2.41. The predicted molar refractivity (Wildman–Crippen MR) is 67.5 cm³/mol. The first-order chi connectivity index (χ1) is 9.80. The van der Waals surface area contributed by atoms with Crippen LogP contribution in [0.1, 0.15) is 0 Å². The molecule has 0 aliphatic carbocycles. The molecule has 0 aliphatic rings. The number of halogens is 3. The Labute approximate surface area is 118 Å². The van der Waals surface area contributed by atoms with Crippen molar-refractivity contribution in [2.45, 2.75) is 6.36 Å². The van der Waals surface area contributed by atoms with Crippen molar-refractivity contribution in [3.8, 4) is 5.75 Å². The van der Waals surface area contributed by atoms with Crippen LogP contribution >= 0.6 is 0 Å². The predicted octanol–water partition coefficient (Wildman–Crippen LogP) is -0.167. The van der Waals surface area contributed by atoms with Crippen molar-refractivity contribution in [2.75, 3.05) is 25.5 Å². The van der Waals surface area contributed by atoms with Gasteiger partial charge in [0.25, 0.3) is 11.8 Å². The van der Waals surface area contributed by atoms with Gasteiger partial charge in [0, 0.05) is 12.7 Å². The minimum Gasteiger partial charge on any atom is -0.406 e. The largest absolute Gasteiger partial charge is 0.573 e. The number of nitrogens with one attached hydrogen (secondary N) is 2. The second-order valence-corrected chi connectivity index (χ2v) is 3.99. The molecule has 4 N–H and O–H groups in total. The molecule has 1 aromatic rings. The van der Waals surface area contributed by atoms with E-state index in [0.717, 1.165) is 12.1 Å². The monoisotopic (exact) mass is 306 g/mol. The topological polar surface area (TPSA) is 84.0 Å². The molecule has 0 fully saturated rings. The lowest BCUT2D eigenvalue weighted by Crippen LogP contribution is -2.88. The van der Waals surface area contributed by atoms with Crippen LogP contribution in [0.25, 0.3) is 0 Å². The maximum absolute atomic E-state index is 12.0. The van der Waals surface area contributed by atoms with Crippen LogP contribution in [0.3, 0.4) is 0 Å². The summed E-state index contributed by atoms with van der Waals surface area (Å²) in [5, 5.41) is 6.39. The minimum atomic E-state index is -4.75. The van der Waals surface area contributed by atoms with Gasteiger partial charge in [0.2, 0.25) is 0 Å². The zero-order valence-electron chi connectivity index (χ0n) is 11.2. The lowest BCUT2D eigenvalue weighted by atomic mass is 10.3. The van der Waals surface area contributed by atoms with Gasteiger partial charge in [-0.15, -0.1) is 13.2 Å². The Hall–Kier alpha value is -2.29. The molecule has 0 aliphatic heterocycles. The number of quaternary nitrogens is 1. The van der Waals surface area contributed by atoms with Gasteiger partial charge < -0.3 is 20.7 Å². The van der Waals surface area contributed by atoms with Gasteiger partial charge in [0.1, 0.15) is 5.75 Å². The Bertz CT molecular complexity index is 489. The molecule has 0 atom stereocenters. The van der Waals surface area contributed by atoms with Crippen LogP contribution in [-0.4, -0.2) is 38.3 Å². The fourth-order valence-corrected chi connectivity index (χ4v) is 1.39. The molecule has 0 radical (unpaired) electrons. The van der Waals surface area contributed by atoms with Crippen molar-refractivity contribution in [1.82, 2.24) is 5.32 Å². The third-order valence-electron chi connectivity index (χ3n) is 2.31. The van der Waals surface area contributed by atoms with Crippen LogP contribution in [0.15, 0.2) is 24.3 Å². The summed E-state index contributed by atoms with van der Waals surface area (Å²) in [6, 6.07) is 4.77. The Kier molecular flexibility index (Phi) is 5.97. The molecule has 0 saturated heterocycles. The van der Waals surface area contributed by atoms with Crippen LogP contribution in [-0.2, 0) is 9.59 Å². The number of nitrogens with two attached hydrogens (primary N) is 1. The summed E-state index contributed by atoms with van der Waals surface area (Å²) in [5.41, 5.74) is 0.336. The highest BCUT2D eigenvalue weighted by Crippen LogP contribution is 2.23. The molecule has 0 saturated carbocycles. The molecule has 0 spiro atoms. The zero-order chi connectivity index (χ0) is 15.9. The van der Waals surface area contributed by atoms with Crippen LogP contribution in [0.2, 0.25) is 0 Å². The van der Waals surface area contributed by atoms with Crippen LogP contribution in [0.5, 0.6) is 5.75 Å². The number of carbonyl (C=O) groups is 2. The van der Waals surface area contributed by atoms with Gasteiger partial charge in [0.05, 0.1) is 0 Å². The molecule has 116 valence electrons. The molecule has 1 rings (SSSR count). The molecule has 0 unspecified atom stereocenters. The summed E-state index contributed by atoms with van der Waals surface area (Å²) in [5.74, 6) is -0.952.